The van der Waals surface area contributed by atoms with Crippen molar-refractivity contribution < 1.29 is 9.53 Å². The van der Waals surface area contributed by atoms with E-state index in [1.807, 2.05) is 73.9 Å². The number of methoxy groups -OCH3 is 1. The molecule has 28 heavy (non-hydrogen) atoms. The van der Waals surface area contributed by atoms with Gasteiger partial charge in [0.1, 0.15) is 11.5 Å². The lowest BCUT2D eigenvalue weighted by molar-refractivity contribution is -0.123. The van der Waals surface area contributed by atoms with Crippen LogP contribution in [0, 0.1) is 5.41 Å². The molecular formula is C21H22ClN3O2S. The molecule has 0 aliphatic rings. The second-order valence-electron chi connectivity index (χ2n) is 7.31. The molecule has 146 valence electrons. The average Bonchev–Trinajstić information content (AvgIpc) is 3.10. The minimum Gasteiger partial charge on any atom is -0.497 e. The number of benzene rings is 2. The highest BCUT2D eigenvalue weighted by molar-refractivity contribution is 7.99. The van der Waals surface area contributed by atoms with Gasteiger partial charge in [-0.3, -0.25) is 9.36 Å². The van der Waals surface area contributed by atoms with Crippen LogP contribution in [0.25, 0.3) is 17.1 Å². The summed E-state index contributed by atoms with van der Waals surface area (Å²) in [6.45, 7) is 5.76. The van der Waals surface area contributed by atoms with E-state index in [2.05, 4.69) is 10.2 Å². The zero-order chi connectivity index (χ0) is 20.3. The molecule has 0 saturated carbocycles. The number of nitrogens with zero attached hydrogens (tertiary/aromatic N) is 3. The third-order valence-electron chi connectivity index (χ3n) is 4.24. The van der Waals surface area contributed by atoms with E-state index in [9.17, 15) is 4.79 Å². The standard InChI is InChI=1S/C21H22ClN3O2S/c1-21(2,3)18(26)13-28-20-24-23-19(14-5-11-17(27-4)12-6-14)25(20)16-9-7-15(22)8-10-16/h5-12H,13H2,1-4H3. The van der Waals surface area contributed by atoms with Gasteiger partial charge in [0.2, 0.25) is 0 Å². The second kappa shape index (κ2) is 8.37. The second-order valence-corrected chi connectivity index (χ2v) is 8.69. The molecule has 2 aromatic carbocycles. The van der Waals surface area contributed by atoms with Gasteiger partial charge in [0, 0.05) is 21.7 Å². The minimum absolute atomic E-state index is 0.161. The Kier molecular flexibility index (Phi) is 6.10. The predicted octanol–water partition coefficient (Wildman–Crippen LogP) is 5.30. The Morgan fingerprint density at radius 2 is 1.71 bits per heavy atom. The van der Waals surface area contributed by atoms with Crippen molar-refractivity contribution >= 4 is 29.1 Å². The normalized spacial score (nSPS) is 11.5. The molecule has 0 amide bonds. The molecular weight excluding hydrogens is 394 g/mol. The largest absolute Gasteiger partial charge is 0.497 e. The Hall–Kier alpha value is -2.31. The van der Waals surface area contributed by atoms with Gasteiger partial charge in [0.25, 0.3) is 0 Å². The molecule has 3 rings (SSSR count). The number of hydrogen-bond donors (Lipinski definition) is 0. The van der Waals surface area contributed by atoms with Crippen LogP contribution in [0.15, 0.2) is 53.7 Å². The molecule has 5 nitrogen and oxygen atoms in total. The summed E-state index contributed by atoms with van der Waals surface area (Å²) in [4.78, 5) is 12.4. The minimum atomic E-state index is -0.392. The fourth-order valence-corrected chi connectivity index (χ4v) is 3.70. The van der Waals surface area contributed by atoms with Crippen molar-refractivity contribution in [1.82, 2.24) is 14.8 Å². The fourth-order valence-electron chi connectivity index (χ4n) is 2.46. The maximum atomic E-state index is 12.4. The smallest absolute Gasteiger partial charge is 0.196 e. The number of ketones is 1. The van der Waals surface area contributed by atoms with Gasteiger partial charge in [0.15, 0.2) is 11.0 Å². The van der Waals surface area contributed by atoms with Crippen LogP contribution in [0.4, 0.5) is 0 Å². The number of carbonyl (C=O) groups is 1. The number of hydrogen-bond acceptors (Lipinski definition) is 5. The number of ether oxygens (including phenoxy) is 1. The Labute approximate surface area is 174 Å². The third-order valence-corrected chi connectivity index (χ3v) is 5.42. The number of halogens is 1. The number of Topliss-reactive ketones (excluding diaryl/α,β-unsaturated/α-hetero) is 1. The molecule has 0 aliphatic carbocycles. The molecule has 0 spiro atoms. The lowest BCUT2D eigenvalue weighted by Gasteiger charge is -2.16. The molecule has 1 aromatic heterocycles. The molecule has 0 N–H and O–H groups in total. The number of thioether (sulfide) groups is 1. The zero-order valence-electron chi connectivity index (χ0n) is 16.3. The summed E-state index contributed by atoms with van der Waals surface area (Å²) < 4.78 is 7.18. The van der Waals surface area contributed by atoms with Gasteiger partial charge in [-0.05, 0) is 48.5 Å². The van der Waals surface area contributed by atoms with E-state index in [1.165, 1.54) is 11.8 Å². The van der Waals surface area contributed by atoms with Crippen LogP contribution in [-0.2, 0) is 4.79 Å². The van der Waals surface area contributed by atoms with Crippen LogP contribution in [0.1, 0.15) is 20.8 Å². The van der Waals surface area contributed by atoms with Crippen molar-refractivity contribution in [1.29, 1.82) is 0 Å². The molecule has 0 atom stereocenters. The first-order valence-electron chi connectivity index (χ1n) is 8.81. The molecule has 0 radical (unpaired) electrons. The van der Waals surface area contributed by atoms with Gasteiger partial charge >= 0.3 is 0 Å². The number of aromatic nitrogens is 3. The molecule has 0 unspecified atom stereocenters. The van der Waals surface area contributed by atoms with E-state index in [0.29, 0.717) is 21.8 Å². The topological polar surface area (TPSA) is 57.0 Å². The highest BCUT2D eigenvalue weighted by atomic mass is 35.5. The molecule has 0 bridgehead atoms. The quantitative estimate of drug-likeness (QED) is 0.511. The first-order valence-corrected chi connectivity index (χ1v) is 10.2. The van der Waals surface area contributed by atoms with Crippen LogP contribution < -0.4 is 4.74 Å². The van der Waals surface area contributed by atoms with Gasteiger partial charge in [-0.1, -0.05) is 44.1 Å². The van der Waals surface area contributed by atoms with Crippen molar-refractivity contribution in [3.8, 4) is 22.8 Å². The fraction of sp³-hybridized carbons (Fsp3) is 0.286. The summed E-state index contributed by atoms with van der Waals surface area (Å²) in [5, 5.41) is 10.0. The average molecular weight is 416 g/mol. The maximum Gasteiger partial charge on any atom is 0.196 e. The summed E-state index contributed by atoms with van der Waals surface area (Å²) in [5.41, 5.74) is 1.39. The molecule has 0 saturated heterocycles. The lowest BCUT2D eigenvalue weighted by Crippen LogP contribution is -2.22. The van der Waals surface area contributed by atoms with Crippen LogP contribution in [0.5, 0.6) is 5.75 Å². The summed E-state index contributed by atoms with van der Waals surface area (Å²) in [6.07, 6.45) is 0. The highest BCUT2D eigenvalue weighted by Gasteiger charge is 2.23. The van der Waals surface area contributed by atoms with E-state index in [4.69, 9.17) is 16.3 Å². The SMILES string of the molecule is COc1ccc(-c2nnc(SCC(=O)C(C)(C)C)n2-c2ccc(Cl)cc2)cc1. The summed E-state index contributed by atoms with van der Waals surface area (Å²) in [6, 6.07) is 15.1. The Morgan fingerprint density at radius 1 is 1.07 bits per heavy atom. The van der Waals surface area contributed by atoms with Crippen LogP contribution in [0.3, 0.4) is 0 Å². The lowest BCUT2D eigenvalue weighted by atomic mass is 9.92. The molecule has 3 aromatic rings. The van der Waals surface area contributed by atoms with Gasteiger partial charge in [0.05, 0.1) is 12.9 Å². The van der Waals surface area contributed by atoms with Crippen molar-refractivity contribution in [3.63, 3.8) is 0 Å². The monoisotopic (exact) mass is 415 g/mol. The zero-order valence-corrected chi connectivity index (χ0v) is 17.8. The van der Waals surface area contributed by atoms with Crippen LogP contribution in [0.2, 0.25) is 5.02 Å². The highest BCUT2D eigenvalue weighted by Crippen LogP contribution is 2.30. The van der Waals surface area contributed by atoms with Crippen LogP contribution >= 0.6 is 23.4 Å². The maximum absolute atomic E-state index is 12.4. The molecule has 7 heteroatoms. The van der Waals surface area contributed by atoms with Gasteiger partial charge in [-0.25, -0.2) is 0 Å². The first-order chi connectivity index (χ1) is 13.3. The van der Waals surface area contributed by atoms with E-state index in [0.717, 1.165) is 17.0 Å². The third kappa shape index (κ3) is 4.56. The van der Waals surface area contributed by atoms with Gasteiger partial charge in [-0.2, -0.15) is 0 Å². The van der Waals surface area contributed by atoms with Crippen LogP contribution in [-0.4, -0.2) is 33.4 Å². The Bertz CT molecular complexity index is 961. The van der Waals surface area contributed by atoms with Crippen molar-refractivity contribution in [2.24, 2.45) is 5.41 Å². The van der Waals surface area contributed by atoms with Crippen molar-refractivity contribution in [2.45, 2.75) is 25.9 Å². The van der Waals surface area contributed by atoms with E-state index < -0.39 is 5.41 Å². The predicted molar refractivity (Wildman–Crippen MR) is 114 cm³/mol. The molecule has 0 aliphatic heterocycles. The summed E-state index contributed by atoms with van der Waals surface area (Å²) in [5.74, 6) is 1.95. The summed E-state index contributed by atoms with van der Waals surface area (Å²) >= 11 is 7.44. The first kappa shape index (κ1) is 20.4. The Morgan fingerprint density at radius 3 is 2.29 bits per heavy atom. The van der Waals surface area contributed by atoms with E-state index in [1.54, 1.807) is 7.11 Å². The van der Waals surface area contributed by atoms with Gasteiger partial charge in [-0.15, -0.1) is 10.2 Å². The Balaban J connectivity index is 2.01. The van der Waals surface area contributed by atoms with E-state index >= 15 is 0 Å². The van der Waals surface area contributed by atoms with Crippen molar-refractivity contribution in [3.05, 3.63) is 53.6 Å². The summed E-state index contributed by atoms with van der Waals surface area (Å²) in [7, 11) is 1.63. The van der Waals surface area contributed by atoms with Crippen molar-refractivity contribution in [2.75, 3.05) is 12.9 Å². The molecule has 1 heterocycles. The number of rotatable bonds is 6. The van der Waals surface area contributed by atoms with E-state index in [-0.39, 0.29) is 5.78 Å². The number of carbonyl (C=O) groups excluding carboxylic acids is 1. The van der Waals surface area contributed by atoms with Gasteiger partial charge < -0.3 is 4.74 Å². The molecule has 0 fully saturated rings.